The van der Waals surface area contributed by atoms with Gasteiger partial charge in [0.15, 0.2) is 0 Å². The first-order chi connectivity index (χ1) is 9.53. The third-order valence-corrected chi connectivity index (χ3v) is 3.44. The summed E-state index contributed by atoms with van der Waals surface area (Å²) in [7, 11) is 0. The highest BCUT2D eigenvalue weighted by Crippen LogP contribution is 2.20. The summed E-state index contributed by atoms with van der Waals surface area (Å²) in [5.74, 6) is -0.239. The van der Waals surface area contributed by atoms with Crippen molar-refractivity contribution in [3.05, 3.63) is 29.8 Å². The monoisotopic (exact) mass is 281 g/mol. The molecule has 0 heterocycles. The van der Waals surface area contributed by atoms with Crippen LogP contribution in [0.5, 0.6) is 5.75 Å². The molecule has 0 saturated heterocycles. The lowest BCUT2D eigenvalue weighted by atomic mass is 9.92. The first-order valence-electron chi connectivity index (χ1n) is 6.87. The van der Waals surface area contributed by atoms with Gasteiger partial charge in [-0.1, -0.05) is 25.1 Å². The lowest BCUT2D eigenvalue weighted by Gasteiger charge is -2.22. The summed E-state index contributed by atoms with van der Waals surface area (Å²) in [5.41, 5.74) is 5.58. The highest BCUT2D eigenvalue weighted by molar-refractivity contribution is 5.78. The number of rotatable bonds is 9. The van der Waals surface area contributed by atoms with Crippen molar-refractivity contribution in [2.24, 2.45) is 5.73 Å². The number of carbonyl (C=O) groups is 1. The number of benzene rings is 1. The normalized spacial score (nSPS) is 13.8. The summed E-state index contributed by atoms with van der Waals surface area (Å²) < 4.78 is 5.65. The summed E-state index contributed by atoms with van der Waals surface area (Å²) >= 11 is 0. The van der Waals surface area contributed by atoms with Gasteiger partial charge < -0.3 is 20.7 Å². The molecule has 1 aromatic rings. The first kappa shape index (κ1) is 16.5. The fourth-order valence-corrected chi connectivity index (χ4v) is 1.98. The molecule has 0 spiro atoms. The number of hydrogen-bond donors (Lipinski definition) is 3. The minimum atomic E-state index is -1.17. The van der Waals surface area contributed by atoms with Crippen molar-refractivity contribution in [1.82, 2.24) is 0 Å². The summed E-state index contributed by atoms with van der Waals surface area (Å²) in [6.45, 7) is 2.25. The Balaban J connectivity index is 2.47. The smallest absolute Gasteiger partial charge is 0.323 e. The fraction of sp³-hybridized carbons (Fsp3) is 0.533. The second kappa shape index (κ2) is 7.87. The van der Waals surface area contributed by atoms with Crippen molar-refractivity contribution in [3.63, 3.8) is 0 Å². The van der Waals surface area contributed by atoms with Crippen LogP contribution >= 0.6 is 0 Å². The van der Waals surface area contributed by atoms with Crippen LogP contribution in [-0.4, -0.2) is 34.9 Å². The van der Waals surface area contributed by atoms with E-state index < -0.39 is 11.5 Å². The maximum atomic E-state index is 11.1. The Labute approximate surface area is 119 Å². The second-order valence-electron chi connectivity index (χ2n) is 4.85. The summed E-state index contributed by atoms with van der Waals surface area (Å²) in [6, 6.07) is 7.51. The number of ether oxygens (including phenoxy) is 1. The number of aliphatic carboxylic acids is 1. The molecular weight excluding hydrogens is 258 g/mol. The summed E-state index contributed by atoms with van der Waals surface area (Å²) in [6.07, 6.45) is 1.88. The number of carboxylic acid groups (broad SMARTS) is 1. The fourth-order valence-electron chi connectivity index (χ4n) is 1.98. The molecule has 0 aliphatic heterocycles. The molecular formula is C15H23NO4. The maximum Gasteiger partial charge on any atom is 0.323 e. The van der Waals surface area contributed by atoms with Gasteiger partial charge in [0.25, 0.3) is 0 Å². The van der Waals surface area contributed by atoms with E-state index in [-0.39, 0.29) is 6.61 Å². The molecule has 20 heavy (non-hydrogen) atoms. The zero-order valence-electron chi connectivity index (χ0n) is 11.8. The molecule has 0 fully saturated rings. The minimum Gasteiger partial charge on any atom is -0.493 e. The average molecular weight is 281 g/mol. The predicted octanol–water partition coefficient (Wildman–Crippen LogP) is 1.57. The molecule has 1 rings (SSSR count). The Morgan fingerprint density at radius 2 is 2.10 bits per heavy atom. The zero-order chi connectivity index (χ0) is 15.0. The number of carboxylic acids is 1. The van der Waals surface area contributed by atoms with E-state index in [0.29, 0.717) is 32.3 Å². The Bertz CT molecular complexity index is 436. The third kappa shape index (κ3) is 4.51. The van der Waals surface area contributed by atoms with E-state index in [4.69, 9.17) is 20.7 Å². The molecule has 0 aliphatic carbocycles. The van der Waals surface area contributed by atoms with Gasteiger partial charge in [-0.3, -0.25) is 4.79 Å². The summed E-state index contributed by atoms with van der Waals surface area (Å²) in [5, 5.41) is 18.0. The van der Waals surface area contributed by atoms with Crippen LogP contribution in [0.2, 0.25) is 0 Å². The third-order valence-electron chi connectivity index (χ3n) is 3.44. The zero-order valence-corrected chi connectivity index (χ0v) is 11.8. The quantitative estimate of drug-likeness (QED) is 0.597. The van der Waals surface area contributed by atoms with Crippen molar-refractivity contribution in [3.8, 4) is 5.75 Å². The lowest BCUT2D eigenvalue weighted by molar-refractivity contribution is -0.143. The Morgan fingerprint density at radius 3 is 2.70 bits per heavy atom. The van der Waals surface area contributed by atoms with Crippen molar-refractivity contribution in [2.45, 2.75) is 38.1 Å². The van der Waals surface area contributed by atoms with Gasteiger partial charge in [0, 0.05) is 6.61 Å². The molecule has 1 atom stereocenters. The standard InChI is InChI=1S/C15H23NO4/c1-2-15(16,14(18)19)9-5-11-20-13-7-4-3-6-12(13)8-10-17/h3-4,6-7,17H,2,5,8-11,16H2,1H3,(H,18,19). The molecule has 5 heteroatoms. The molecule has 1 aromatic carbocycles. The molecule has 0 aliphatic rings. The highest BCUT2D eigenvalue weighted by atomic mass is 16.5. The molecule has 0 aromatic heterocycles. The Hall–Kier alpha value is -1.59. The lowest BCUT2D eigenvalue weighted by Crippen LogP contribution is -2.47. The van der Waals surface area contributed by atoms with Gasteiger partial charge in [-0.2, -0.15) is 0 Å². The van der Waals surface area contributed by atoms with E-state index in [2.05, 4.69) is 0 Å². The van der Waals surface area contributed by atoms with Crippen LogP contribution < -0.4 is 10.5 Å². The number of aliphatic hydroxyl groups is 1. The van der Waals surface area contributed by atoms with E-state index in [1.165, 1.54) is 0 Å². The average Bonchev–Trinajstić information content (AvgIpc) is 2.45. The van der Waals surface area contributed by atoms with Gasteiger partial charge in [0.05, 0.1) is 6.61 Å². The van der Waals surface area contributed by atoms with Gasteiger partial charge in [-0.05, 0) is 37.3 Å². The van der Waals surface area contributed by atoms with E-state index in [1.807, 2.05) is 24.3 Å². The van der Waals surface area contributed by atoms with Crippen LogP contribution in [0.4, 0.5) is 0 Å². The maximum absolute atomic E-state index is 11.1. The first-order valence-corrected chi connectivity index (χ1v) is 6.87. The highest BCUT2D eigenvalue weighted by Gasteiger charge is 2.30. The van der Waals surface area contributed by atoms with E-state index in [9.17, 15) is 4.79 Å². The number of para-hydroxylation sites is 1. The van der Waals surface area contributed by atoms with Gasteiger partial charge >= 0.3 is 5.97 Å². The van der Waals surface area contributed by atoms with E-state index >= 15 is 0 Å². The predicted molar refractivity (Wildman–Crippen MR) is 76.8 cm³/mol. The van der Waals surface area contributed by atoms with Crippen molar-refractivity contribution in [2.75, 3.05) is 13.2 Å². The van der Waals surface area contributed by atoms with Crippen molar-refractivity contribution in [1.29, 1.82) is 0 Å². The van der Waals surface area contributed by atoms with E-state index in [1.54, 1.807) is 6.92 Å². The molecule has 0 radical (unpaired) electrons. The topological polar surface area (TPSA) is 92.8 Å². The molecule has 4 N–H and O–H groups in total. The molecule has 0 amide bonds. The van der Waals surface area contributed by atoms with Crippen LogP contribution in [0.1, 0.15) is 31.7 Å². The van der Waals surface area contributed by atoms with Gasteiger partial charge in [-0.15, -0.1) is 0 Å². The Kier molecular flexibility index (Phi) is 6.48. The molecule has 112 valence electrons. The number of nitrogens with two attached hydrogens (primary N) is 1. The van der Waals surface area contributed by atoms with Crippen LogP contribution in [0.3, 0.4) is 0 Å². The Morgan fingerprint density at radius 1 is 1.40 bits per heavy atom. The molecule has 0 saturated carbocycles. The minimum absolute atomic E-state index is 0.0706. The van der Waals surface area contributed by atoms with Crippen LogP contribution in [0, 0.1) is 0 Å². The SMILES string of the molecule is CCC(N)(CCCOc1ccccc1CCO)C(=O)O. The number of aliphatic hydroxyl groups excluding tert-OH is 1. The van der Waals surface area contributed by atoms with Gasteiger partial charge in [0.1, 0.15) is 11.3 Å². The second-order valence-corrected chi connectivity index (χ2v) is 4.85. The van der Waals surface area contributed by atoms with Crippen LogP contribution in [0.15, 0.2) is 24.3 Å². The van der Waals surface area contributed by atoms with Crippen molar-refractivity contribution >= 4 is 5.97 Å². The van der Waals surface area contributed by atoms with Crippen molar-refractivity contribution < 1.29 is 19.7 Å². The largest absolute Gasteiger partial charge is 0.493 e. The van der Waals surface area contributed by atoms with Gasteiger partial charge in [0.2, 0.25) is 0 Å². The van der Waals surface area contributed by atoms with Crippen LogP contribution in [0.25, 0.3) is 0 Å². The number of hydrogen-bond acceptors (Lipinski definition) is 4. The van der Waals surface area contributed by atoms with Crippen LogP contribution in [-0.2, 0) is 11.2 Å². The summed E-state index contributed by atoms with van der Waals surface area (Å²) in [4.78, 5) is 11.1. The van der Waals surface area contributed by atoms with E-state index in [0.717, 1.165) is 11.3 Å². The molecule has 5 nitrogen and oxygen atoms in total. The molecule has 1 unspecified atom stereocenters. The van der Waals surface area contributed by atoms with Gasteiger partial charge in [-0.25, -0.2) is 0 Å². The molecule has 0 bridgehead atoms.